The second-order valence-corrected chi connectivity index (χ2v) is 6.38. The van der Waals surface area contributed by atoms with Crippen molar-refractivity contribution in [2.75, 3.05) is 4.90 Å². The molecule has 0 saturated carbocycles. The lowest BCUT2D eigenvalue weighted by Gasteiger charge is -2.15. The number of aromatic hydroxyl groups is 1. The maximum absolute atomic E-state index is 13.0. The Morgan fingerprint density at radius 2 is 1.85 bits per heavy atom. The molecule has 2 aromatic carbocycles. The van der Waals surface area contributed by atoms with Crippen LogP contribution in [-0.2, 0) is 16.1 Å². The molecule has 0 bridgehead atoms. The van der Waals surface area contributed by atoms with Crippen LogP contribution >= 0.6 is 0 Å². The Morgan fingerprint density at radius 3 is 2.58 bits per heavy atom. The molecule has 0 spiro atoms. The fourth-order valence-corrected chi connectivity index (χ4v) is 3.59. The number of benzene rings is 2. The van der Waals surface area contributed by atoms with Crippen molar-refractivity contribution >= 4 is 28.4 Å². The molecule has 1 unspecified atom stereocenters. The summed E-state index contributed by atoms with van der Waals surface area (Å²) in [6.45, 7) is 4.42. The highest BCUT2D eigenvalue weighted by Gasteiger charge is 2.41. The number of phenols is 1. The van der Waals surface area contributed by atoms with E-state index in [-0.39, 0.29) is 24.0 Å². The first-order chi connectivity index (χ1) is 12.6. The van der Waals surface area contributed by atoms with Crippen molar-refractivity contribution in [2.24, 2.45) is 0 Å². The Kier molecular flexibility index (Phi) is 3.84. The molecule has 2 amide bonds. The molecule has 5 heteroatoms. The zero-order valence-electron chi connectivity index (χ0n) is 14.1. The van der Waals surface area contributed by atoms with Crippen LogP contribution in [0.1, 0.15) is 17.9 Å². The zero-order valence-corrected chi connectivity index (χ0v) is 14.1. The summed E-state index contributed by atoms with van der Waals surface area (Å²) in [6.07, 6.45) is 3.89. The monoisotopic (exact) mass is 346 g/mol. The highest BCUT2D eigenvalue weighted by molar-refractivity contribution is 6.23. The molecule has 1 aliphatic rings. The summed E-state index contributed by atoms with van der Waals surface area (Å²) in [4.78, 5) is 26.8. The Bertz CT molecular complexity index is 1020. The molecular weight excluding hydrogens is 328 g/mol. The van der Waals surface area contributed by atoms with Crippen molar-refractivity contribution in [3.8, 4) is 5.75 Å². The minimum absolute atomic E-state index is 0.0943. The van der Waals surface area contributed by atoms with Crippen LogP contribution in [0.15, 0.2) is 67.4 Å². The van der Waals surface area contributed by atoms with Crippen molar-refractivity contribution in [3.63, 3.8) is 0 Å². The number of carbonyl (C=O) groups is 2. The summed E-state index contributed by atoms with van der Waals surface area (Å²) in [5.41, 5.74) is 2.36. The van der Waals surface area contributed by atoms with Crippen LogP contribution in [0.3, 0.4) is 0 Å². The van der Waals surface area contributed by atoms with E-state index in [1.807, 2.05) is 35.0 Å². The lowest BCUT2D eigenvalue weighted by atomic mass is 9.97. The fourth-order valence-electron chi connectivity index (χ4n) is 3.59. The summed E-state index contributed by atoms with van der Waals surface area (Å²) >= 11 is 0. The molecule has 0 radical (unpaired) electrons. The third-order valence-electron chi connectivity index (χ3n) is 4.78. The topological polar surface area (TPSA) is 62.5 Å². The molecule has 5 nitrogen and oxygen atoms in total. The largest absolute Gasteiger partial charge is 0.508 e. The molecule has 3 aromatic rings. The normalized spacial score (nSPS) is 17.2. The van der Waals surface area contributed by atoms with E-state index in [1.54, 1.807) is 18.2 Å². The number of hydrogen-bond donors (Lipinski definition) is 1. The molecule has 1 aliphatic heterocycles. The van der Waals surface area contributed by atoms with E-state index >= 15 is 0 Å². The number of nitrogens with zero attached hydrogens (tertiary/aromatic N) is 2. The van der Waals surface area contributed by atoms with Gasteiger partial charge in [0.05, 0.1) is 11.6 Å². The summed E-state index contributed by atoms with van der Waals surface area (Å²) in [6, 6.07) is 14.0. The van der Waals surface area contributed by atoms with E-state index in [2.05, 4.69) is 6.58 Å². The summed E-state index contributed by atoms with van der Waals surface area (Å²) in [7, 11) is 0. The number of amides is 2. The van der Waals surface area contributed by atoms with Crippen molar-refractivity contribution in [1.29, 1.82) is 0 Å². The number of aromatic nitrogens is 1. The summed E-state index contributed by atoms with van der Waals surface area (Å²) in [5.74, 6) is -0.877. The minimum Gasteiger partial charge on any atom is -0.508 e. The van der Waals surface area contributed by atoms with Crippen molar-refractivity contribution < 1.29 is 14.7 Å². The number of para-hydroxylation sites is 1. The maximum atomic E-state index is 13.0. The molecule has 1 N–H and O–H groups in total. The Labute approximate surface area is 150 Å². The summed E-state index contributed by atoms with van der Waals surface area (Å²) in [5, 5.41) is 10.4. The Balaban J connectivity index is 1.76. The number of fused-ring (bicyclic) bond motifs is 1. The molecule has 2 heterocycles. The minimum atomic E-state index is -0.507. The van der Waals surface area contributed by atoms with Gasteiger partial charge in [-0.3, -0.25) is 14.5 Å². The number of carbonyl (C=O) groups excluding carboxylic acids is 2. The number of hydrogen-bond acceptors (Lipinski definition) is 3. The van der Waals surface area contributed by atoms with Crippen LogP contribution in [0.5, 0.6) is 5.75 Å². The van der Waals surface area contributed by atoms with Gasteiger partial charge in [0.2, 0.25) is 11.8 Å². The van der Waals surface area contributed by atoms with Gasteiger partial charge in [0.1, 0.15) is 5.75 Å². The van der Waals surface area contributed by atoms with Gasteiger partial charge in [-0.15, -0.1) is 6.58 Å². The van der Waals surface area contributed by atoms with Gasteiger partial charge in [0.15, 0.2) is 0 Å². The van der Waals surface area contributed by atoms with Crippen molar-refractivity contribution in [2.45, 2.75) is 18.9 Å². The van der Waals surface area contributed by atoms with Gasteiger partial charge in [-0.05, 0) is 35.9 Å². The highest BCUT2D eigenvalue weighted by atomic mass is 16.3. The van der Waals surface area contributed by atoms with Gasteiger partial charge in [-0.2, -0.15) is 0 Å². The predicted octanol–water partition coefficient (Wildman–Crippen LogP) is 3.58. The van der Waals surface area contributed by atoms with Gasteiger partial charge in [0.25, 0.3) is 0 Å². The molecule has 1 aromatic heterocycles. The number of phenolic OH excluding ortho intramolecular Hbond substituents is 1. The van der Waals surface area contributed by atoms with Gasteiger partial charge in [-0.25, -0.2) is 0 Å². The fraction of sp³-hybridized carbons (Fsp3) is 0.143. The summed E-state index contributed by atoms with van der Waals surface area (Å²) < 4.78 is 2.04. The highest BCUT2D eigenvalue weighted by Crippen LogP contribution is 2.37. The molecular formula is C21H18N2O3. The maximum Gasteiger partial charge on any atom is 0.241 e. The quantitative estimate of drug-likeness (QED) is 0.580. The first-order valence-corrected chi connectivity index (χ1v) is 8.44. The lowest BCUT2D eigenvalue weighted by Crippen LogP contribution is -2.29. The molecule has 1 saturated heterocycles. The number of imide groups is 1. The van der Waals surface area contributed by atoms with Crippen molar-refractivity contribution in [3.05, 3.63) is 72.9 Å². The van der Waals surface area contributed by atoms with Gasteiger partial charge in [0, 0.05) is 30.1 Å². The van der Waals surface area contributed by atoms with Crippen LogP contribution < -0.4 is 4.90 Å². The van der Waals surface area contributed by atoms with Gasteiger partial charge >= 0.3 is 0 Å². The van der Waals surface area contributed by atoms with Crippen LogP contribution in [-0.4, -0.2) is 21.5 Å². The van der Waals surface area contributed by atoms with E-state index in [1.165, 1.54) is 17.0 Å². The Hall–Kier alpha value is -3.34. The average molecular weight is 346 g/mol. The molecule has 1 fully saturated rings. The van der Waals surface area contributed by atoms with Gasteiger partial charge < -0.3 is 9.67 Å². The molecule has 1 atom stereocenters. The van der Waals surface area contributed by atoms with Crippen LogP contribution in [0.25, 0.3) is 10.9 Å². The van der Waals surface area contributed by atoms with Gasteiger partial charge in [-0.1, -0.05) is 24.3 Å². The molecule has 130 valence electrons. The van der Waals surface area contributed by atoms with E-state index in [0.717, 1.165) is 16.5 Å². The zero-order chi connectivity index (χ0) is 18.3. The second kappa shape index (κ2) is 6.19. The van der Waals surface area contributed by atoms with Crippen LogP contribution in [0.4, 0.5) is 5.69 Å². The number of rotatable bonds is 4. The molecule has 0 aliphatic carbocycles. The predicted molar refractivity (Wildman–Crippen MR) is 100 cm³/mol. The third-order valence-corrected chi connectivity index (χ3v) is 4.78. The van der Waals surface area contributed by atoms with E-state index in [9.17, 15) is 14.7 Å². The lowest BCUT2D eigenvalue weighted by molar-refractivity contribution is -0.121. The second-order valence-electron chi connectivity index (χ2n) is 6.38. The molecule has 26 heavy (non-hydrogen) atoms. The van der Waals surface area contributed by atoms with Crippen LogP contribution in [0.2, 0.25) is 0 Å². The SMILES string of the molecule is C=CCn1cc(C2CC(=O)N(c3ccc(O)cc3)C2=O)c2ccccc21. The number of anilines is 1. The number of allylic oxidation sites excluding steroid dienone is 1. The van der Waals surface area contributed by atoms with E-state index in [0.29, 0.717) is 12.2 Å². The Morgan fingerprint density at radius 1 is 1.12 bits per heavy atom. The first-order valence-electron chi connectivity index (χ1n) is 8.44. The standard InChI is InChI=1S/C21H18N2O3/c1-2-11-22-13-18(16-5-3-4-6-19(16)22)17-12-20(25)23(21(17)26)14-7-9-15(24)10-8-14/h2-10,13,17,24H,1,11-12H2. The van der Waals surface area contributed by atoms with E-state index < -0.39 is 5.92 Å². The van der Waals surface area contributed by atoms with Crippen molar-refractivity contribution in [1.82, 2.24) is 4.57 Å². The third kappa shape index (κ3) is 2.49. The first kappa shape index (κ1) is 16.1. The smallest absolute Gasteiger partial charge is 0.241 e. The van der Waals surface area contributed by atoms with E-state index in [4.69, 9.17) is 0 Å². The molecule has 4 rings (SSSR count). The van der Waals surface area contributed by atoms with Crippen LogP contribution in [0, 0.1) is 0 Å². The average Bonchev–Trinajstić information content (AvgIpc) is 3.14.